The Hall–Kier alpha value is -1.33. The van der Waals surface area contributed by atoms with Crippen molar-refractivity contribution in [2.45, 2.75) is 35.7 Å². The highest BCUT2D eigenvalue weighted by atomic mass is 32.2. The largest absolute Gasteiger partial charge is 0.326 e. The van der Waals surface area contributed by atoms with Crippen LogP contribution in [0.2, 0.25) is 0 Å². The van der Waals surface area contributed by atoms with Crippen LogP contribution in [-0.2, 0) is 26.4 Å². The Labute approximate surface area is 111 Å². The maximum atomic E-state index is 5.83. The number of nitrogens with two attached hydrogens (primary N) is 1. The van der Waals surface area contributed by atoms with Gasteiger partial charge in [-0.1, -0.05) is 17.8 Å². The smallest absolute Gasteiger partial charge is 0.106 e. The fraction of sp³-hybridized carbons (Fsp3) is 0.385. The zero-order chi connectivity index (χ0) is 12.5. The number of hydrogen-bond acceptors (Lipinski definition) is 4. The van der Waals surface area contributed by atoms with Crippen molar-refractivity contribution in [3.63, 3.8) is 0 Å². The molecule has 1 aliphatic rings. The summed E-state index contributed by atoms with van der Waals surface area (Å²) in [6, 6.07) is 2.23. The minimum atomic E-state index is 0.545. The van der Waals surface area contributed by atoms with Crippen LogP contribution in [0.5, 0.6) is 0 Å². The fourth-order valence-corrected chi connectivity index (χ4v) is 3.26. The van der Waals surface area contributed by atoms with Crippen molar-refractivity contribution in [3.05, 3.63) is 35.3 Å². The summed E-state index contributed by atoms with van der Waals surface area (Å²) < 4.78 is 1.80. The number of fused-ring (bicyclic) bond motifs is 1. The Morgan fingerprint density at radius 3 is 3.06 bits per heavy atom. The summed E-state index contributed by atoms with van der Waals surface area (Å²) in [6.45, 7) is 0.545. The molecular weight excluding hydrogens is 244 g/mol. The van der Waals surface area contributed by atoms with Crippen LogP contribution in [-0.4, -0.2) is 14.8 Å². The van der Waals surface area contributed by atoms with E-state index in [9.17, 15) is 0 Å². The summed E-state index contributed by atoms with van der Waals surface area (Å²) in [5.41, 5.74) is 9.60. The van der Waals surface area contributed by atoms with Crippen molar-refractivity contribution < 1.29 is 0 Å². The average Bonchev–Trinajstić information content (AvgIpc) is 2.97. The van der Waals surface area contributed by atoms with Gasteiger partial charge in [-0.15, -0.1) is 0 Å². The Kier molecular flexibility index (Phi) is 3.09. The highest BCUT2D eigenvalue weighted by Crippen LogP contribution is 2.32. The molecule has 5 heteroatoms. The summed E-state index contributed by atoms with van der Waals surface area (Å²) in [4.78, 5) is 5.88. The highest BCUT2D eigenvalue weighted by Gasteiger charge is 2.16. The topological polar surface area (TPSA) is 56.7 Å². The number of rotatable bonds is 3. The van der Waals surface area contributed by atoms with Crippen LogP contribution in [0.25, 0.3) is 0 Å². The first-order chi connectivity index (χ1) is 8.76. The maximum Gasteiger partial charge on any atom is 0.106 e. The number of aryl methyl sites for hydroxylation is 3. The Morgan fingerprint density at radius 1 is 1.44 bits per heavy atom. The van der Waals surface area contributed by atoms with Crippen LogP contribution in [0.4, 0.5) is 0 Å². The third kappa shape index (κ3) is 2.15. The molecule has 2 heterocycles. The molecule has 2 aromatic rings. The van der Waals surface area contributed by atoms with Gasteiger partial charge in [0, 0.05) is 25.5 Å². The van der Waals surface area contributed by atoms with E-state index < -0.39 is 0 Å². The molecule has 0 unspecified atom stereocenters. The molecule has 0 atom stereocenters. The van der Waals surface area contributed by atoms with Gasteiger partial charge in [-0.3, -0.25) is 4.68 Å². The molecule has 0 aromatic carbocycles. The Balaban J connectivity index is 1.95. The molecule has 2 aromatic heterocycles. The Bertz CT molecular complexity index is 576. The molecule has 0 radical (unpaired) electrons. The van der Waals surface area contributed by atoms with Crippen molar-refractivity contribution in [3.8, 4) is 0 Å². The SMILES string of the molecule is Cn1cc(Sc2nc3c(cc2CN)CCC3)cn1. The van der Waals surface area contributed by atoms with E-state index in [0.717, 1.165) is 28.3 Å². The zero-order valence-corrected chi connectivity index (χ0v) is 11.2. The molecule has 0 saturated heterocycles. The minimum absolute atomic E-state index is 0.545. The molecule has 0 bridgehead atoms. The third-order valence-electron chi connectivity index (χ3n) is 3.21. The third-order valence-corrected chi connectivity index (χ3v) is 4.20. The van der Waals surface area contributed by atoms with E-state index in [0.29, 0.717) is 6.54 Å². The van der Waals surface area contributed by atoms with Crippen LogP contribution >= 0.6 is 11.8 Å². The molecule has 0 spiro atoms. The molecule has 0 aliphatic heterocycles. The van der Waals surface area contributed by atoms with Gasteiger partial charge in [-0.25, -0.2) is 4.98 Å². The lowest BCUT2D eigenvalue weighted by atomic mass is 10.1. The van der Waals surface area contributed by atoms with Crippen LogP contribution in [0.15, 0.2) is 28.4 Å². The molecule has 0 amide bonds. The highest BCUT2D eigenvalue weighted by molar-refractivity contribution is 7.99. The first-order valence-corrected chi connectivity index (χ1v) is 6.96. The van der Waals surface area contributed by atoms with E-state index in [1.165, 1.54) is 17.7 Å². The molecular formula is C13H16N4S. The molecule has 1 aliphatic carbocycles. The maximum absolute atomic E-state index is 5.83. The quantitative estimate of drug-likeness (QED) is 0.916. The first-order valence-electron chi connectivity index (χ1n) is 6.14. The molecule has 0 saturated carbocycles. The molecule has 94 valence electrons. The second-order valence-corrected chi connectivity index (χ2v) is 5.63. The number of pyridine rings is 1. The van der Waals surface area contributed by atoms with E-state index in [4.69, 9.17) is 10.7 Å². The van der Waals surface area contributed by atoms with Gasteiger partial charge in [0.1, 0.15) is 5.03 Å². The van der Waals surface area contributed by atoms with E-state index in [2.05, 4.69) is 11.2 Å². The van der Waals surface area contributed by atoms with E-state index in [1.54, 1.807) is 16.4 Å². The fourth-order valence-electron chi connectivity index (χ4n) is 2.30. The first kappa shape index (κ1) is 11.7. The standard InChI is InChI=1S/C13H16N4S/c1-17-8-11(7-15-17)18-13-10(6-14)5-9-3-2-4-12(9)16-13/h5,7-8H,2-4,6,14H2,1H3. The van der Waals surface area contributed by atoms with Crippen LogP contribution in [0, 0.1) is 0 Å². The van der Waals surface area contributed by atoms with Gasteiger partial charge < -0.3 is 5.73 Å². The molecule has 3 rings (SSSR count). The predicted molar refractivity (Wildman–Crippen MR) is 71.5 cm³/mol. The van der Waals surface area contributed by atoms with Crippen molar-refractivity contribution in [2.24, 2.45) is 12.8 Å². The number of hydrogen-bond donors (Lipinski definition) is 1. The summed E-state index contributed by atoms with van der Waals surface area (Å²) >= 11 is 1.65. The van der Waals surface area contributed by atoms with Gasteiger partial charge in [0.05, 0.1) is 11.1 Å². The molecule has 18 heavy (non-hydrogen) atoms. The lowest BCUT2D eigenvalue weighted by molar-refractivity contribution is 0.766. The predicted octanol–water partition coefficient (Wildman–Crippen LogP) is 1.91. The number of aromatic nitrogens is 3. The van der Waals surface area contributed by atoms with E-state index in [-0.39, 0.29) is 0 Å². The molecule has 2 N–H and O–H groups in total. The van der Waals surface area contributed by atoms with Gasteiger partial charge in [0.2, 0.25) is 0 Å². The van der Waals surface area contributed by atoms with Gasteiger partial charge >= 0.3 is 0 Å². The van der Waals surface area contributed by atoms with Gasteiger partial charge in [-0.05, 0) is 30.4 Å². The Morgan fingerprint density at radius 2 is 2.33 bits per heavy atom. The van der Waals surface area contributed by atoms with Crippen molar-refractivity contribution >= 4 is 11.8 Å². The molecule has 0 fully saturated rings. The van der Waals surface area contributed by atoms with Crippen LogP contribution in [0.3, 0.4) is 0 Å². The van der Waals surface area contributed by atoms with Crippen molar-refractivity contribution in [1.82, 2.24) is 14.8 Å². The number of nitrogens with zero attached hydrogens (tertiary/aromatic N) is 3. The van der Waals surface area contributed by atoms with Crippen molar-refractivity contribution in [2.75, 3.05) is 0 Å². The summed E-state index contributed by atoms with van der Waals surface area (Å²) in [5, 5.41) is 5.21. The van der Waals surface area contributed by atoms with Gasteiger partial charge in [0.15, 0.2) is 0 Å². The summed E-state index contributed by atoms with van der Waals surface area (Å²) in [5.74, 6) is 0. The van der Waals surface area contributed by atoms with E-state index >= 15 is 0 Å². The normalized spacial score (nSPS) is 13.9. The van der Waals surface area contributed by atoms with Gasteiger partial charge in [-0.2, -0.15) is 5.10 Å². The lowest BCUT2D eigenvalue weighted by Crippen LogP contribution is -2.03. The summed E-state index contributed by atoms with van der Waals surface area (Å²) in [7, 11) is 1.92. The summed E-state index contributed by atoms with van der Waals surface area (Å²) in [6.07, 6.45) is 7.32. The second kappa shape index (κ2) is 4.74. The monoisotopic (exact) mass is 260 g/mol. The van der Waals surface area contributed by atoms with Gasteiger partial charge in [0.25, 0.3) is 0 Å². The molecule has 4 nitrogen and oxygen atoms in total. The zero-order valence-electron chi connectivity index (χ0n) is 10.4. The van der Waals surface area contributed by atoms with Crippen LogP contribution < -0.4 is 5.73 Å². The average molecular weight is 260 g/mol. The lowest BCUT2D eigenvalue weighted by Gasteiger charge is -2.08. The van der Waals surface area contributed by atoms with E-state index in [1.807, 2.05) is 19.4 Å². The minimum Gasteiger partial charge on any atom is -0.326 e. The van der Waals surface area contributed by atoms with Crippen molar-refractivity contribution in [1.29, 1.82) is 0 Å². The van der Waals surface area contributed by atoms with Crippen LogP contribution in [0.1, 0.15) is 23.2 Å². The second-order valence-electron chi connectivity index (χ2n) is 4.57.